The van der Waals surface area contributed by atoms with E-state index in [0.29, 0.717) is 17.8 Å². The van der Waals surface area contributed by atoms with E-state index in [9.17, 15) is 9.18 Å². The fraction of sp³-hybridized carbons (Fsp3) is 0.143. The first kappa shape index (κ1) is 13.0. The second-order valence-corrected chi connectivity index (χ2v) is 3.90. The molecule has 0 spiro atoms. The van der Waals surface area contributed by atoms with Gasteiger partial charge in [-0.15, -0.1) is 0 Å². The van der Waals surface area contributed by atoms with Crippen LogP contribution in [0.25, 0.3) is 0 Å². The molecule has 0 aliphatic rings. The zero-order valence-electron chi connectivity index (χ0n) is 10.4. The van der Waals surface area contributed by atoms with E-state index in [2.05, 4.69) is 15.0 Å². The number of benzene rings is 1. The molecule has 0 unspecified atom stereocenters. The highest BCUT2D eigenvalue weighted by molar-refractivity contribution is 5.95. The fourth-order valence-electron chi connectivity index (χ4n) is 1.65. The van der Waals surface area contributed by atoms with Gasteiger partial charge in [0.1, 0.15) is 5.82 Å². The largest absolute Gasteiger partial charge is 0.465 e. The summed E-state index contributed by atoms with van der Waals surface area (Å²) >= 11 is 0. The smallest absolute Gasteiger partial charge is 0.339 e. The lowest BCUT2D eigenvalue weighted by molar-refractivity contribution is 0.0602. The number of aromatic nitrogens is 1. The highest BCUT2D eigenvalue weighted by Gasteiger charge is 2.12. The standard InChI is InChI=1S/C14H13FN2O2/c1-19-14(18)12-5-4-11(15)7-13(12)17-9-10-3-2-6-16-8-10/h2-8,17H,9H2,1H3. The molecule has 0 fully saturated rings. The minimum atomic E-state index is -0.506. The van der Waals surface area contributed by atoms with Crippen LogP contribution in [0.15, 0.2) is 42.7 Å². The van der Waals surface area contributed by atoms with Gasteiger partial charge in [0.15, 0.2) is 0 Å². The van der Waals surface area contributed by atoms with Gasteiger partial charge in [-0.3, -0.25) is 4.98 Å². The normalized spacial score (nSPS) is 10.0. The molecule has 0 saturated carbocycles. The summed E-state index contributed by atoms with van der Waals surface area (Å²) in [6, 6.07) is 7.58. The average molecular weight is 260 g/mol. The van der Waals surface area contributed by atoms with Crippen molar-refractivity contribution in [1.82, 2.24) is 4.98 Å². The van der Waals surface area contributed by atoms with E-state index in [-0.39, 0.29) is 0 Å². The predicted molar refractivity (Wildman–Crippen MR) is 69.3 cm³/mol. The van der Waals surface area contributed by atoms with E-state index in [1.807, 2.05) is 12.1 Å². The van der Waals surface area contributed by atoms with Crippen LogP contribution in [-0.4, -0.2) is 18.1 Å². The van der Waals surface area contributed by atoms with Gasteiger partial charge < -0.3 is 10.1 Å². The molecular weight excluding hydrogens is 247 g/mol. The number of rotatable bonds is 4. The van der Waals surface area contributed by atoms with Gasteiger partial charge in [0.2, 0.25) is 0 Å². The first-order chi connectivity index (χ1) is 9.20. The number of esters is 1. The molecule has 0 amide bonds. The van der Waals surface area contributed by atoms with Crippen molar-refractivity contribution >= 4 is 11.7 Å². The lowest BCUT2D eigenvalue weighted by atomic mass is 10.1. The van der Waals surface area contributed by atoms with Gasteiger partial charge in [0, 0.05) is 18.9 Å². The van der Waals surface area contributed by atoms with Gasteiger partial charge in [-0.25, -0.2) is 9.18 Å². The Labute approximate surface area is 110 Å². The number of nitrogens with zero attached hydrogens (tertiary/aromatic N) is 1. The van der Waals surface area contributed by atoms with Gasteiger partial charge in [0.25, 0.3) is 0 Å². The molecule has 5 heteroatoms. The van der Waals surface area contributed by atoms with Crippen LogP contribution < -0.4 is 5.32 Å². The van der Waals surface area contributed by atoms with Gasteiger partial charge in [-0.1, -0.05) is 6.07 Å². The minimum absolute atomic E-state index is 0.299. The third-order valence-corrected chi connectivity index (χ3v) is 2.59. The van der Waals surface area contributed by atoms with Crippen LogP contribution >= 0.6 is 0 Å². The van der Waals surface area contributed by atoms with Crippen molar-refractivity contribution in [3.63, 3.8) is 0 Å². The number of hydrogen-bond acceptors (Lipinski definition) is 4. The predicted octanol–water partition coefficient (Wildman–Crippen LogP) is 2.62. The first-order valence-corrected chi connectivity index (χ1v) is 5.71. The number of carbonyl (C=O) groups is 1. The molecule has 0 bridgehead atoms. The SMILES string of the molecule is COC(=O)c1ccc(F)cc1NCc1cccnc1. The number of anilines is 1. The first-order valence-electron chi connectivity index (χ1n) is 5.71. The van der Waals surface area contributed by atoms with Crippen LogP contribution in [0.2, 0.25) is 0 Å². The summed E-state index contributed by atoms with van der Waals surface area (Å²) in [5.41, 5.74) is 1.63. The van der Waals surface area contributed by atoms with E-state index >= 15 is 0 Å². The number of hydrogen-bond donors (Lipinski definition) is 1. The van der Waals surface area contributed by atoms with Crippen molar-refractivity contribution in [2.75, 3.05) is 12.4 Å². The van der Waals surface area contributed by atoms with E-state index in [1.54, 1.807) is 12.4 Å². The number of nitrogens with one attached hydrogen (secondary N) is 1. The molecule has 1 N–H and O–H groups in total. The monoisotopic (exact) mass is 260 g/mol. The molecule has 2 rings (SSSR count). The lowest BCUT2D eigenvalue weighted by Crippen LogP contribution is -2.08. The van der Waals surface area contributed by atoms with E-state index in [0.717, 1.165) is 5.56 Å². The topological polar surface area (TPSA) is 51.2 Å². The number of carbonyl (C=O) groups excluding carboxylic acids is 1. The zero-order chi connectivity index (χ0) is 13.7. The zero-order valence-corrected chi connectivity index (χ0v) is 10.4. The van der Waals surface area contributed by atoms with Crippen molar-refractivity contribution in [3.05, 3.63) is 59.7 Å². The van der Waals surface area contributed by atoms with Crippen molar-refractivity contribution in [1.29, 1.82) is 0 Å². The van der Waals surface area contributed by atoms with Crippen molar-refractivity contribution in [2.45, 2.75) is 6.54 Å². The molecule has 4 nitrogen and oxygen atoms in total. The van der Waals surface area contributed by atoms with Gasteiger partial charge in [-0.05, 0) is 29.8 Å². The maximum atomic E-state index is 13.2. The van der Waals surface area contributed by atoms with Crippen LogP contribution in [0.3, 0.4) is 0 Å². The Kier molecular flexibility index (Phi) is 4.07. The highest BCUT2D eigenvalue weighted by atomic mass is 19.1. The summed E-state index contributed by atoms with van der Waals surface area (Å²) in [5.74, 6) is -0.921. The third-order valence-electron chi connectivity index (χ3n) is 2.59. The van der Waals surface area contributed by atoms with Crippen molar-refractivity contribution in [2.24, 2.45) is 0 Å². The number of methoxy groups -OCH3 is 1. The maximum absolute atomic E-state index is 13.2. The summed E-state index contributed by atoms with van der Waals surface area (Å²) in [4.78, 5) is 15.5. The van der Waals surface area contributed by atoms with Crippen LogP contribution in [-0.2, 0) is 11.3 Å². The molecule has 1 aromatic carbocycles. The molecule has 19 heavy (non-hydrogen) atoms. The summed E-state index contributed by atoms with van der Waals surface area (Å²) in [6.07, 6.45) is 3.37. The van der Waals surface area contributed by atoms with Crippen LogP contribution in [0.4, 0.5) is 10.1 Å². The molecule has 1 heterocycles. The molecule has 1 aromatic heterocycles. The van der Waals surface area contributed by atoms with Crippen LogP contribution in [0.1, 0.15) is 15.9 Å². The molecule has 0 aliphatic carbocycles. The molecule has 0 saturated heterocycles. The second-order valence-electron chi connectivity index (χ2n) is 3.90. The molecular formula is C14H13FN2O2. The van der Waals surface area contributed by atoms with Gasteiger partial charge in [0.05, 0.1) is 18.4 Å². The number of ether oxygens (including phenoxy) is 1. The van der Waals surface area contributed by atoms with E-state index in [4.69, 9.17) is 0 Å². The number of halogens is 1. The third kappa shape index (κ3) is 3.28. The Bertz CT molecular complexity index is 573. The second kappa shape index (κ2) is 5.95. The quantitative estimate of drug-likeness (QED) is 0.858. The maximum Gasteiger partial charge on any atom is 0.339 e. The average Bonchev–Trinajstić information content (AvgIpc) is 2.45. The highest BCUT2D eigenvalue weighted by Crippen LogP contribution is 2.19. The van der Waals surface area contributed by atoms with Crippen LogP contribution in [0.5, 0.6) is 0 Å². The molecule has 0 atom stereocenters. The lowest BCUT2D eigenvalue weighted by Gasteiger charge is -2.10. The summed E-state index contributed by atoms with van der Waals surface area (Å²) in [7, 11) is 1.29. The number of pyridine rings is 1. The Hall–Kier alpha value is -2.43. The van der Waals surface area contributed by atoms with E-state index in [1.165, 1.54) is 25.3 Å². The Balaban J connectivity index is 2.19. The van der Waals surface area contributed by atoms with Gasteiger partial charge >= 0.3 is 5.97 Å². The Morgan fingerprint density at radius 1 is 1.42 bits per heavy atom. The molecule has 0 radical (unpaired) electrons. The molecule has 0 aliphatic heterocycles. The van der Waals surface area contributed by atoms with Crippen LogP contribution in [0, 0.1) is 5.82 Å². The Morgan fingerprint density at radius 2 is 2.26 bits per heavy atom. The van der Waals surface area contributed by atoms with E-state index < -0.39 is 11.8 Å². The Morgan fingerprint density at radius 3 is 2.95 bits per heavy atom. The van der Waals surface area contributed by atoms with Crippen molar-refractivity contribution in [3.8, 4) is 0 Å². The van der Waals surface area contributed by atoms with Crippen molar-refractivity contribution < 1.29 is 13.9 Å². The summed E-state index contributed by atoms with van der Waals surface area (Å²) in [6.45, 7) is 0.446. The fourth-order valence-corrected chi connectivity index (χ4v) is 1.65. The summed E-state index contributed by atoms with van der Waals surface area (Å²) in [5, 5.41) is 3.00. The summed E-state index contributed by atoms with van der Waals surface area (Å²) < 4.78 is 17.9. The minimum Gasteiger partial charge on any atom is -0.465 e. The molecule has 2 aromatic rings. The molecule has 98 valence electrons. The van der Waals surface area contributed by atoms with Gasteiger partial charge in [-0.2, -0.15) is 0 Å².